The lowest BCUT2D eigenvalue weighted by Crippen LogP contribution is -2.18. The van der Waals surface area contributed by atoms with Crippen LogP contribution in [0.2, 0.25) is 0 Å². The van der Waals surface area contributed by atoms with Crippen LogP contribution in [0.25, 0.3) is 0 Å². The minimum absolute atomic E-state index is 0.139. The van der Waals surface area contributed by atoms with E-state index in [2.05, 4.69) is 70.4 Å². The summed E-state index contributed by atoms with van der Waals surface area (Å²) in [6.45, 7) is 1.98. The molecular formula is C22H23N5. The van der Waals surface area contributed by atoms with Gasteiger partial charge < -0.3 is 4.90 Å². The molecule has 1 unspecified atom stereocenters. The summed E-state index contributed by atoms with van der Waals surface area (Å²) < 4.78 is 0. The van der Waals surface area contributed by atoms with Crippen LogP contribution in [0.4, 0.5) is 11.4 Å². The monoisotopic (exact) mass is 357 g/mol. The van der Waals surface area contributed by atoms with Gasteiger partial charge in [0.1, 0.15) is 5.69 Å². The predicted molar refractivity (Wildman–Crippen MR) is 110 cm³/mol. The highest BCUT2D eigenvalue weighted by atomic mass is 15.5. The lowest BCUT2D eigenvalue weighted by Gasteiger charge is -2.24. The molecule has 0 aliphatic carbocycles. The molecule has 5 nitrogen and oxygen atoms in total. The van der Waals surface area contributed by atoms with Gasteiger partial charge in [-0.15, -0.1) is 0 Å². The van der Waals surface area contributed by atoms with Gasteiger partial charge in [0.15, 0.2) is 0 Å². The SMILES string of the molecule is Cc1nccnc1C1=NN(c2ccccc2)C(c2ccc(N(C)C)cc2)C1. The fourth-order valence-electron chi connectivity index (χ4n) is 3.42. The Morgan fingerprint density at radius 2 is 1.63 bits per heavy atom. The molecule has 0 fully saturated rings. The second-order valence-corrected chi connectivity index (χ2v) is 6.92. The van der Waals surface area contributed by atoms with Gasteiger partial charge in [0.05, 0.1) is 23.1 Å². The molecule has 0 bridgehead atoms. The zero-order valence-corrected chi connectivity index (χ0v) is 15.9. The van der Waals surface area contributed by atoms with E-state index in [1.807, 2.05) is 25.1 Å². The molecule has 0 spiro atoms. The molecule has 0 N–H and O–H groups in total. The average Bonchev–Trinajstić information content (AvgIpc) is 3.14. The zero-order valence-electron chi connectivity index (χ0n) is 15.9. The minimum atomic E-state index is 0.139. The van der Waals surface area contributed by atoms with E-state index in [-0.39, 0.29) is 6.04 Å². The third-order valence-corrected chi connectivity index (χ3v) is 4.88. The maximum atomic E-state index is 4.94. The molecule has 2 heterocycles. The first kappa shape index (κ1) is 17.2. The van der Waals surface area contributed by atoms with Gasteiger partial charge in [-0.25, -0.2) is 0 Å². The van der Waals surface area contributed by atoms with Crippen molar-refractivity contribution in [3.05, 3.63) is 83.9 Å². The van der Waals surface area contributed by atoms with Crippen LogP contribution in [0.3, 0.4) is 0 Å². The average molecular weight is 357 g/mol. The van der Waals surface area contributed by atoms with Crippen LogP contribution in [-0.2, 0) is 0 Å². The van der Waals surface area contributed by atoms with Crippen LogP contribution in [-0.4, -0.2) is 29.8 Å². The summed E-state index contributed by atoms with van der Waals surface area (Å²) in [7, 11) is 4.11. The summed E-state index contributed by atoms with van der Waals surface area (Å²) in [5, 5.41) is 7.05. The Kier molecular flexibility index (Phi) is 4.59. The molecule has 3 aromatic rings. The summed E-state index contributed by atoms with van der Waals surface area (Å²) in [4.78, 5) is 11.0. The van der Waals surface area contributed by atoms with Crippen LogP contribution in [0.5, 0.6) is 0 Å². The number of hydrogen-bond donors (Lipinski definition) is 0. The number of aryl methyl sites for hydroxylation is 1. The molecule has 0 saturated heterocycles. The van der Waals surface area contributed by atoms with Crippen LogP contribution >= 0.6 is 0 Å². The molecule has 136 valence electrons. The molecule has 0 radical (unpaired) electrons. The molecular weight excluding hydrogens is 334 g/mol. The minimum Gasteiger partial charge on any atom is -0.378 e. The number of nitrogens with zero attached hydrogens (tertiary/aromatic N) is 5. The van der Waals surface area contributed by atoms with Crippen LogP contribution in [0.1, 0.15) is 29.4 Å². The van der Waals surface area contributed by atoms with Gasteiger partial charge in [-0.2, -0.15) is 5.10 Å². The molecule has 4 rings (SSSR count). The van der Waals surface area contributed by atoms with E-state index in [1.165, 1.54) is 11.3 Å². The van der Waals surface area contributed by atoms with Gasteiger partial charge in [0.2, 0.25) is 0 Å². The summed E-state index contributed by atoms with van der Waals surface area (Å²) >= 11 is 0. The molecule has 5 heteroatoms. The number of aromatic nitrogens is 2. The van der Waals surface area contributed by atoms with Crippen molar-refractivity contribution < 1.29 is 0 Å². The molecule has 1 aliphatic rings. The third-order valence-electron chi connectivity index (χ3n) is 4.88. The maximum Gasteiger partial charge on any atom is 0.108 e. The van der Waals surface area contributed by atoms with E-state index in [9.17, 15) is 0 Å². The van der Waals surface area contributed by atoms with Crippen LogP contribution < -0.4 is 9.91 Å². The van der Waals surface area contributed by atoms with E-state index in [1.54, 1.807) is 12.4 Å². The normalized spacial score (nSPS) is 16.3. The summed E-state index contributed by atoms with van der Waals surface area (Å²) in [5.74, 6) is 0. The number of hydrazone groups is 1. The van der Waals surface area contributed by atoms with Crippen molar-refractivity contribution in [1.82, 2.24) is 9.97 Å². The Morgan fingerprint density at radius 3 is 2.30 bits per heavy atom. The van der Waals surface area contributed by atoms with Gasteiger partial charge in [-0.05, 0) is 36.8 Å². The second kappa shape index (κ2) is 7.19. The molecule has 0 amide bonds. The largest absolute Gasteiger partial charge is 0.378 e. The molecule has 1 atom stereocenters. The maximum absolute atomic E-state index is 4.94. The second-order valence-electron chi connectivity index (χ2n) is 6.92. The van der Waals surface area contributed by atoms with Crippen LogP contribution in [0.15, 0.2) is 72.1 Å². The first-order valence-corrected chi connectivity index (χ1v) is 9.10. The van der Waals surface area contributed by atoms with E-state index in [4.69, 9.17) is 5.10 Å². The lowest BCUT2D eigenvalue weighted by atomic mass is 9.99. The lowest BCUT2D eigenvalue weighted by molar-refractivity contribution is 0.708. The number of anilines is 2. The van der Waals surface area contributed by atoms with Gasteiger partial charge >= 0.3 is 0 Å². The molecule has 27 heavy (non-hydrogen) atoms. The molecule has 2 aromatic carbocycles. The summed E-state index contributed by atoms with van der Waals surface area (Å²) in [6, 6.07) is 19.1. The van der Waals surface area contributed by atoms with Crippen LogP contribution in [0, 0.1) is 6.92 Å². The van der Waals surface area contributed by atoms with Crippen molar-refractivity contribution in [2.45, 2.75) is 19.4 Å². The molecule has 1 aliphatic heterocycles. The smallest absolute Gasteiger partial charge is 0.108 e. The standard InChI is InChI=1S/C22H23N5/c1-16-22(24-14-13-23-16)20-15-21(17-9-11-18(12-10-17)26(2)3)27(25-20)19-7-5-4-6-8-19/h4-14,21H,15H2,1-3H3. The molecule has 1 aromatic heterocycles. The van der Waals surface area contributed by atoms with Gasteiger partial charge in [0, 0.05) is 38.6 Å². The van der Waals surface area contributed by atoms with E-state index >= 15 is 0 Å². The highest BCUT2D eigenvalue weighted by molar-refractivity contribution is 6.02. The third kappa shape index (κ3) is 3.40. The Balaban J connectivity index is 1.73. The summed E-state index contributed by atoms with van der Waals surface area (Å²) in [5.41, 5.74) is 6.28. The number of rotatable bonds is 4. The fraction of sp³-hybridized carbons (Fsp3) is 0.227. The molecule has 0 saturated carbocycles. The number of hydrogen-bond acceptors (Lipinski definition) is 5. The van der Waals surface area contributed by atoms with Crippen molar-refractivity contribution in [3.63, 3.8) is 0 Å². The number of benzene rings is 2. The van der Waals surface area contributed by atoms with Gasteiger partial charge in [-0.3, -0.25) is 15.0 Å². The van der Waals surface area contributed by atoms with Crippen molar-refractivity contribution in [2.75, 3.05) is 24.0 Å². The van der Waals surface area contributed by atoms with Gasteiger partial charge in [0.25, 0.3) is 0 Å². The van der Waals surface area contributed by atoms with Crippen molar-refractivity contribution in [2.24, 2.45) is 5.10 Å². The number of para-hydroxylation sites is 1. The Bertz CT molecular complexity index is 948. The van der Waals surface area contributed by atoms with Crippen molar-refractivity contribution in [1.29, 1.82) is 0 Å². The Labute approximate surface area is 160 Å². The van der Waals surface area contributed by atoms with Gasteiger partial charge in [-0.1, -0.05) is 30.3 Å². The van der Waals surface area contributed by atoms with Crippen molar-refractivity contribution in [3.8, 4) is 0 Å². The first-order valence-electron chi connectivity index (χ1n) is 9.10. The Morgan fingerprint density at radius 1 is 0.926 bits per heavy atom. The van der Waals surface area contributed by atoms with Crippen molar-refractivity contribution >= 4 is 17.1 Å². The quantitative estimate of drug-likeness (QED) is 0.702. The fourth-order valence-corrected chi connectivity index (χ4v) is 3.42. The predicted octanol–water partition coefficient (Wildman–Crippen LogP) is 4.21. The van der Waals surface area contributed by atoms with E-state index in [0.717, 1.165) is 29.2 Å². The summed E-state index contributed by atoms with van der Waals surface area (Å²) in [6.07, 6.45) is 4.26. The first-order chi connectivity index (χ1) is 13.1. The topological polar surface area (TPSA) is 44.6 Å². The zero-order chi connectivity index (χ0) is 18.8. The highest BCUT2D eigenvalue weighted by Crippen LogP contribution is 2.37. The highest BCUT2D eigenvalue weighted by Gasteiger charge is 2.31. The Hall–Kier alpha value is -3.21. The van der Waals surface area contributed by atoms with E-state index < -0.39 is 0 Å². The van der Waals surface area contributed by atoms with E-state index in [0.29, 0.717) is 0 Å².